The Morgan fingerprint density at radius 3 is 2.71 bits per heavy atom. The fraction of sp³-hybridized carbons (Fsp3) is 0.538. The topological polar surface area (TPSA) is 60.9 Å². The molecule has 0 saturated carbocycles. The molecule has 2 unspecified atom stereocenters. The number of sulfonamides is 1. The maximum atomic E-state index is 13.6. The number of aliphatic hydroxyl groups excluding tert-OH is 1. The van der Waals surface area contributed by atoms with E-state index in [1.807, 2.05) is 19.0 Å². The molecule has 1 saturated heterocycles. The van der Waals surface area contributed by atoms with Gasteiger partial charge >= 0.3 is 0 Å². The van der Waals surface area contributed by atoms with Crippen LogP contribution in [0.15, 0.2) is 27.6 Å². The first-order valence-corrected chi connectivity index (χ1v) is 8.75. The molecule has 0 bridgehead atoms. The molecule has 0 spiro atoms. The van der Waals surface area contributed by atoms with Crippen molar-refractivity contribution in [2.45, 2.75) is 23.5 Å². The van der Waals surface area contributed by atoms with Crippen molar-refractivity contribution >= 4 is 26.0 Å². The van der Waals surface area contributed by atoms with Gasteiger partial charge in [-0.05, 0) is 54.6 Å². The summed E-state index contributed by atoms with van der Waals surface area (Å²) in [4.78, 5) is 1.77. The largest absolute Gasteiger partial charge is 0.392 e. The van der Waals surface area contributed by atoms with Crippen LogP contribution < -0.4 is 0 Å². The van der Waals surface area contributed by atoms with Crippen molar-refractivity contribution in [3.63, 3.8) is 0 Å². The van der Waals surface area contributed by atoms with E-state index in [9.17, 15) is 17.9 Å². The summed E-state index contributed by atoms with van der Waals surface area (Å²) in [6.45, 7) is 0.549. The molecule has 118 valence electrons. The number of hydrogen-bond acceptors (Lipinski definition) is 4. The average Bonchev–Trinajstić information content (AvgIpc) is 2.73. The average molecular weight is 381 g/mol. The third-order valence-electron chi connectivity index (χ3n) is 3.42. The highest BCUT2D eigenvalue weighted by molar-refractivity contribution is 9.10. The molecule has 2 atom stereocenters. The van der Waals surface area contributed by atoms with Gasteiger partial charge in [0.15, 0.2) is 0 Å². The molecule has 0 aromatic heterocycles. The van der Waals surface area contributed by atoms with Crippen LogP contribution in [0.1, 0.15) is 6.42 Å². The number of β-amino-alcohol motifs (C(OH)–C–C–N with tert-alkyl or cyclic N) is 1. The van der Waals surface area contributed by atoms with Gasteiger partial charge in [0.25, 0.3) is 0 Å². The first-order chi connectivity index (χ1) is 9.71. The summed E-state index contributed by atoms with van der Waals surface area (Å²) in [5, 5.41) is 9.79. The normalized spacial score (nSPS) is 23.9. The molecule has 2 rings (SSSR count). The van der Waals surface area contributed by atoms with Gasteiger partial charge < -0.3 is 10.0 Å². The molecule has 1 aromatic carbocycles. The minimum Gasteiger partial charge on any atom is -0.392 e. The van der Waals surface area contributed by atoms with E-state index in [1.54, 1.807) is 0 Å². The molecular formula is C13H18BrFN2O3S. The maximum absolute atomic E-state index is 13.6. The highest BCUT2D eigenvalue weighted by Crippen LogP contribution is 2.28. The second kappa shape index (κ2) is 6.29. The van der Waals surface area contributed by atoms with Crippen molar-refractivity contribution in [1.82, 2.24) is 9.21 Å². The van der Waals surface area contributed by atoms with Crippen LogP contribution in [0, 0.1) is 5.82 Å². The summed E-state index contributed by atoms with van der Waals surface area (Å²) in [7, 11) is -0.136. The Bertz CT molecular complexity index is 624. The summed E-state index contributed by atoms with van der Waals surface area (Å²) in [6, 6.07) is 3.42. The Hall–Kier alpha value is -0.540. The molecule has 1 fully saturated rings. The van der Waals surface area contributed by atoms with E-state index >= 15 is 0 Å². The van der Waals surface area contributed by atoms with Gasteiger partial charge in [-0.3, -0.25) is 0 Å². The van der Waals surface area contributed by atoms with E-state index in [0.717, 1.165) is 6.07 Å². The number of halogens is 2. The van der Waals surface area contributed by atoms with Gasteiger partial charge in [-0.25, -0.2) is 12.8 Å². The molecule has 0 radical (unpaired) electrons. The fourth-order valence-corrected chi connectivity index (χ4v) is 4.44. The van der Waals surface area contributed by atoms with E-state index in [0.29, 0.717) is 13.0 Å². The Balaban J connectivity index is 2.34. The molecule has 0 aliphatic carbocycles. The molecule has 1 heterocycles. The minimum absolute atomic E-state index is 0.0402. The zero-order valence-electron chi connectivity index (χ0n) is 11.8. The zero-order valence-corrected chi connectivity index (χ0v) is 14.2. The molecular weight excluding hydrogens is 363 g/mol. The molecule has 21 heavy (non-hydrogen) atoms. The lowest BCUT2D eigenvalue weighted by atomic mass is 10.2. The quantitative estimate of drug-likeness (QED) is 0.854. The lowest BCUT2D eigenvalue weighted by Crippen LogP contribution is -2.41. The van der Waals surface area contributed by atoms with E-state index < -0.39 is 21.9 Å². The number of benzene rings is 1. The van der Waals surface area contributed by atoms with Gasteiger partial charge in [-0.2, -0.15) is 4.31 Å². The Morgan fingerprint density at radius 2 is 2.14 bits per heavy atom. The third kappa shape index (κ3) is 3.62. The lowest BCUT2D eigenvalue weighted by molar-refractivity contribution is 0.188. The van der Waals surface area contributed by atoms with Crippen LogP contribution in [0.2, 0.25) is 0 Å². The summed E-state index contributed by atoms with van der Waals surface area (Å²) < 4.78 is 40.4. The number of likely N-dealkylation sites (N-methyl/N-ethyl adjacent to an activating group) is 1. The van der Waals surface area contributed by atoms with Gasteiger partial charge in [0.1, 0.15) is 5.82 Å². The van der Waals surface area contributed by atoms with Crippen LogP contribution in [0.3, 0.4) is 0 Å². The van der Waals surface area contributed by atoms with Gasteiger partial charge in [-0.1, -0.05) is 0 Å². The van der Waals surface area contributed by atoms with Crippen LogP contribution in [-0.4, -0.2) is 62.1 Å². The zero-order chi connectivity index (χ0) is 15.8. The van der Waals surface area contributed by atoms with Crippen LogP contribution in [0.25, 0.3) is 0 Å². The fourth-order valence-electron chi connectivity index (χ4n) is 2.52. The molecule has 0 amide bonds. The smallest absolute Gasteiger partial charge is 0.243 e. The van der Waals surface area contributed by atoms with Crippen LogP contribution in [-0.2, 0) is 10.0 Å². The number of nitrogens with zero attached hydrogens (tertiary/aromatic N) is 2. The van der Waals surface area contributed by atoms with Crippen LogP contribution in [0.5, 0.6) is 0 Å². The molecule has 5 nitrogen and oxygen atoms in total. The van der Waals surface area contributed by atoms with Crippen molar-refractivity contribution in [1.29, 1.82) is 0 Å². The van der Waals surface area contributed by atoms with E-state index in [4.69, 9.17) is 0 Å². The predicted molar refractivity (Wildman–Crippen MR) is 81.0 cm³/mol. The molecule has 8 heteroatoms. The van der Waals surface area contributed by atoms with E-state index in [2.05, 4.69) is 15.9 Å². The molecule has 1 N–H and O–H groups in total. The van der Waals surface area contributed by atoms with Crippen molar-refractivity contribution in [3.8, 4) is 0 Å². The second-order valence-electron chi connectivity index (χ2n) is 5.46. The van der Waals surface area contributed by atoms with Gasteiger partial charge in [0, 0.05) is 19.1 Å². The van der Waals surface area contributed by atoms with Crippen molar-refractivity contribution in [2.24, 2.45) is 0 Å². The van der Waals surface area contributed by atoms with Gasteiger partial charge in [0.05, 0.1) is 15.5 Å². The second-order valence-corrected chi connectivity index (χ2v) is 8.20. The summed E-state index contributed by atoms with van der Waals surface area (Å²) in [5.41, 5.74) is 0. The highest BCUT2D eigenvalue weighted by atomic mass is 79.9. The van der Waals surface area contributed by atoms with Crippen molar-refractivity contribution in [2.75, 3.05) is 27.2 Å². The summed E-state index contributed by atoms with van der Waals surface area (Å²) in [5.74, 6) is -0.625. The number of hydrogen-bond donors (Lipinski definition) is 1. The number of rotatable bonds is 4. The van der Waals surface area contributed by atoms with Crippen molar-refractivity contribution < 1.29 is 17.9 Å². The van der Waals surface area contributed by atoms with E-state index in [1.165, 1.54) is 16.4 Å². The molecule has 1 aliphatic rings. The molecule has 1 aliphatic heterocycles. The Morgan fingerprint density at radius 1 is 1.48 bits per heavy atom. The van der Waals surface area contributed by atoms with Crippen LogP contribution >= 0.6 is 15.9 Å². The highest BCUT2D eigenvalue weighted by Gasteiger charge is 2.39. The first kappa shape index (κ1) is 16.8. The standard InChI is InChI=1S/C13H18BrFN2O3S/c1-16(2)7-9-5-10(18)8-17(9)21(19,20)11-3-4-12(14)13(15)6-11/h3-4,6,9-10,18H,5,7-8H2,1-2H3. The number of aliphatic hydroxyl groups is 1. The lowest BCUT2D eigenvalue weighted by Gasteiger charge is -2.26. The van der Waals surface area contributed by atoms with Gasteiger partial charge in [-0.15, -0.1) is 0 Å². The van der Waals surface area contributed by atoms with Gasteiger partial charge in [0.2, 0.25) is 10.0 Å². The molecule has 1 aromatic rings. The monoisotopic (exact) mass is 380 g/mol. The maximum Gasteiger partial charge on any atom is 0.243 e. The minimum atomic E-state index is -3.82. The Kier molecular flexibility index (Phi) is 5.04. The predicted octanol–water partition coefficient (Wildman–Crippen LogP) is 1.27. The SMILES string of the molecule is CN(C)CC1CC(O)CN1S(=O)(=O)c1ccc(Br)c(F)c1. The van der Waals surface area contributed by atoms with Crippen molar-refractivity contribution in [3.05, 3.63) is 28.5 Å². The van der Waals surface area contributed by atoms with E-state index in [-0.39, 0.29) is 22.0 Å². The third-order valence-corrected chi connectivity index (χ3v) is 5.97. The summed E-state index contributed by atoms with van der Waals surface area (Å²) in [6.07, 6.45) is -0.304. The first-order valence-electron chi connectivity index (χ1n) is 6.51. The Labute approximate surface area is 132 Å². The summed E-state index contributed by atoms with van der Waals surface area (Å²) >= 11 is 3.00. The van der Waals surface area contributed by atoms with Crippen LogP contribution in [0.4, 0.5) is 4.39 Å².